The summed E-state index contributed by atoms with van der Waals surface area (Å²) in [6, 6.07) is 9.13. The fourth-order valence-electron chi connectivity index (χ4n) is 3.31. The monoisotopic (exact) mass is 527 g/mol. The van der Waals surface area contributed by atoms with Crippen LogP contribution in [-0.2, 0) is 26.2 Å². The van der Waals surface area contributed by atoms with Crippen molar-refractivity contribution in [1.29, 1.82) is 0 Å². The summed E-state index contributed by atoms with van der Waals surface area (Å²) in [4.78, 5) is 27.5. The van der Waals surface area contributed by atoms with Crippen LogP contribution in [0, 0.1) is 5.82 Å². The summed E-state index contributed by atoms with van der Waals surface area (Å²) in [5.74, 6) is -1.49. The number of halogens is 2. The van der Waals surface area contributed by atoms with Crippen LogP contribution in [0.5, 0.6) is 5.75 Å². The second-order valence-electron chi connectivity index (χ2n) is 8.19. The van der Waals surface area contributed by atoms with Gasteiger partial charge < -0.3 is 15.0 Å². The van der Waals surface area contributed by atoms with Crippen molar-refractivity contribution in [3.05, 3.63) is 58.9 Å². The Morgan fingerprint density at radius 2 is 1.83 bits per heavy atom. The molecular formula is C24H31ClFN3O5S. The number of nitrogens with one attached hydrogen (secondary N) is 1. The summed E-state index contributed by atoms with van der Waals surface area (Å²) in [7, 11) is -2.61. The minimum atomic E-state index is -3.97. The number of amides is 2. The number of hydrogen-bond donors (Lipinski definition) is 1. The fourth-order valence-corrected chi connectivity index (χ4v) is 4.32. The zero-order valence-electron chi connectivity index (χ0n) is 20.4. The van der Waals surface area contributed by atoms with Gasteiger partial charge in [-0.05, 0) is 44.5 Å². The molecule has 0 bridgehead atoms. The molecule has 0 saturated heterocycles. The summed E-state index contributed by atoms with van der Waals surface area (Å²) < 4.78 is 45.9. The van der Waals surface area contributed by atoms with Gasteiger partial charge in [0.2, 0.25) is 21.8 Å². The van der Waals surface area contributed by atoms with Gasteiger partial charge in [0.15, 0.2) is 0 Å². The maximum absolute atomic E-state index is 14.4. The van der Waals surface area contributed by atoms with Crippen molar-refractivity contribution in [2.75, 3.05) is 24.2 Å². The van der Waals surface area contributed by atoms with Crippen LogP contribution in [0.4, 0.5) is 10.1 Å². The molecule has 2 aromatic carbocycles. The number of nitrogens with zero attached hydrogens (tertiary/aromatic N) is 2. The number of rotatable bonds is 11. The molecule has 0 aromatic heterocycles. The SMILES string of the molecule is CC[C@@H](C)NC(=O)[C@@H](C)N(Cc1ccccc1F)C(=O)CN(c1cc(Cl)ccc1OC)S(C)(=O)=O. The Morgan fingerprint density at radius 1 is 1.17 bits per heavy atom. The Kier molecular flexibility index (Phi) is 9.91. The predicted octanol–water partition coefficient (Wildman–Crippen LogP) is 3.59. The van der Waals surface area contributed by atoms with E-state index in [1.807, 2.05) is 13.8 Å². The lowest BCUT2D eigenvalue weighted by Gasteiger charge is -2.32. The molecule has 0 spiro atoms. The first kappa shape index (κ1) is 28.4. The molecule has 2 atom stereocenters. The molecule has 0 saturated carbocycles. The van der Waals surface area contributed by atoms with Crippen LogP contribution in [0.1, 0.15) is 32.8 Å². The molecule has 192 valence electrons. The Labute approximate surface area is 211 Å². The summed E-state index contributed by atoms with van der Waals surface area (Å²) in [5, 5.41) is 3.05. The molecule has 11 heteroatoms. The smallest absolute Gasteiger partial charge is 0.244 e. The third-order valence-electron chi connectivity index (χ3n) is 5.56. The number of ether oxygens (including phenoxy) is 1. The summed E-state index contributed by atoms with van der Waals surface area (Å²) >= 11 is 6.08. The quantitative estimate of drug-likeness (QED) is 0.482. The van der Waals surface area contributed by atoms with E-state index in [2.05, 4.69) is 5.32 Å². The maximum atomic E-state index is 14.4. The van der Waals surface area contributed by atoms with Crippen molar-refractivity contribution in [3.8, 4) is 5.75 Å². The predicted molar refractivity (Wildman–Crippen MR) is 135 cm³/mol. The number of carbonyl (C=O) groups excluding carboxylic acids is 2. The van der Waals surface area contributed by atoms with Gasteiger partial charge in [0.1, 0.15) is 24.2 Å². The average molecular weight is 528 g/mol. The van der Waals surface area contributed by atoms with Crippen LogP contribution in [0.25, 0.3) is 0 Å². The van der Waals surface area contributed by atoms with Crippen LogP contribution in [-0.4, -0.2) is 57.1 Å². The first-order valence-electron chi connectivity index (χ1n) is 11.0. The van der Waals surface area contributed by atoms with Crippen LogP contribution >= 0.6 is 11.6 Å². The highest BCUT2D eigenvalue weighted by Crippen LogP contribution is 2.33. The normalized spacial score (nSPS) is 13.0. The van der Waals surface area contributed by atoms with Gasteiger partial charge >= 0.3 is 0 Å². The van der Waals surface area contributed by atoms with Crippen molar-refractivity contribution in [2.24, 2.45) is 0 Å². The maximum Gasteiger partial charge on any atom is 0.244 e. The van der Waals surface area contributed by atoms with Gasteiger partial charge in [0, 0.05) is 23.2 Å². The number of anilines is 1. The molecule has 2 amide bonds. The van der Waals surface area contributed by atoms with Gasteiger partial charge in [-0.15, -0.1) is 0 Å². The highest BCUT2D eigenvalue weighted by atomic mass is 35.5. The molecule has 2 rings (SSSR count). The summed E-state index contributed by atoms with van der Waals surface area (Å²) in [5.41, 5.74) is 0.258. The van der Waals surface area contributed by atoms with Crippen LogP contribution in [0.2, 0.25) is 5.02 Å². The second kappa shape index (κ2) is 12.2. The van der Waals surface area contributed by atoms with Crippen LogP contribution in [0.3, 0.4) is 0 Å². The number of methoxy groups -OCH3 is 1. The Morgan fingerprint density at radius 3 is 2.40 bits per heavy atom. The minimum Gasteiger partial charge on any atom is -0.495 e. The third kappa shape index (κ3) is 7.57. The van der Waals surface area contributed by atoms with Gasteiger partial charge in [0.25, 0.3) is 0 Å². The minimum absolute atomic E-state index is 0.0680. The molecule has 1 N–H and O–H groups in total. The Hall–Kier alpha value is -2.85. The van der Waals surface area contributed by atoms with E-state index < -0.39 is 40.2 Å². The lowest BCUT2D eigenvalue weighted by Crippen LogP contribution is -2.52. The van der Waals surface area contributed by atoms with Crippen molar-refractivity contribution < 1.29 is 27.1 Å². The molecule has 0 aliphatic heterocycles. The highest BCUT2D eigenvalue weighted by molar-refractivity contribution is 7.92. The molecular weight excluding hydrogens is 497 g/mol. The number of sulfonamides is 1. The largest absolute Gasteiger partial charge is 0.495 e. The van der Waals surface area contributed by atoms with Crippen molar-refractivity contribution in [3.63, 3.8) is 0 Å². The summed E-state index contributed by atoms with van der Waals surface area (Å²) in [6.07, 6.45) is 1.62. The molecule has 8 nitrogen and oxygen atoms in total. The van der Waals surface area contributed by atoms with Gasteiger partial charge in [-0.25, -0.2) is 12.8 Å². The highest BCUT2D eigenvalue weighted by Gasteiger charge is 2.32. The van der Waals surface area contributed by atoms with Crippen molar-refractivity contribution in [1.82, 2.24) is 10.2 Å². The van der Waals surface area contributed by atoms with Gasteiger partial charge in [-0.3, -0.25) is 13.9 Å². The first-order chi connectivity index (χ1) is 16.4. The van der Waals surface area contributed by atoms with Crippen LogP contribution in [0.15, 0.2) is 42.5 Å². The number of hydrogen-bond acceptors (Lipinski definition) is 5. The van der Waals surface area contributed by atoms with E-state index in [1.165, 1.54) is 50.4 Å². The van der Waals surface area contributed by atoms with E-state index in [9.17, 15) is 22.4 Å². The molecule has 0 aliphatic carbocycles. The average Bonchev–Trinajstić information content (AvgIpc) is 2.80. The van der Waals surface area contributed by atoms with E-state index in [4.69, 9.17) is 16.3 Å². The molecule has 0 heterocycles. The molecule has 2 aromatic rings. The molecule has 0 radical (unpaired) electrons. The third-order valence-corrected chi connectivity index (χ3v) is 6.92. The van der Waals surface area contributed by atoms with E-state index in [1.54, 1.807) is 6.07 Å². The zero-order chi connectivity index (χ0) is 26.3. The lowest BCUT2D eigenvalue weighted by atomic mass is 10.1. The zero-order valence-corrected chi connectivity index (χ0v) is 22.0. The number of benzene rings is 2. The number of carbonyl (C=O) groups is 2. The Bertz CT molecular complexity index is 1160. The van der Waals surface area contributed by atoms with Crippen LogP contribution < -0.4 is 14.4 Å². The summed E-state index contributed by atoms with van der Waals surface area (Å²) in [6.45, 7) is 4.36. The van der Waals surface area contributed by atoms with E-state index in [0.717, 1.165) is 15.5 Å². The van der Waals surface area contributed by atoms with Gasteiger partial charge in [0.05, 0.1) is 19.1 Å². The topological polar surface area (TPSA) is 96.0 Å². The van der Waals surface area contributed by atoms with E-state index in [-0.39, 0.29) is 34.6 Å². The van der Waals surface area contributed by atoms with E-state index in [0.29, 0.717) is 6.42 Å². The standard InChI is InChI=1S/C24H31ClFN3O5S/c1-6-16(2)27-24(31)17(3)28(14-18-9-7-8-10-20(18)26)23(30)15-29(35(5,32)33)21-13-19(25)11-12-22(21)34-4/h7-13,16-17H,6,14-15H2,1-5H3,(H,27,31)/t16-,17-/m1/s1. The molecule has 0 fully saturated rings. The van der Waals surface area contributed by atoms with E-state index >= 15 is 0 Å². The lowest BCUT2D eigenvalue weighted by molar-refractivity contribution is -0.139. The van der Waals surface area contributed by atoms with Gasteiger partial charge in [-0.2, -0.15) is 0 Å². The Balaban J connectivity index is 2.47. The fraction of sp³-hybridized carbons (Fsp3) is 0.417. The molecule has 0 aliphatic rings. The second-order valence-corrected chi connectivity index (χ2v) is 10.5. The van der Waals surface area contributed by atoms with Gasteiger partial charge in [-0.1, -0.05) is 36.7 Å². The molecule has 0 unspecified atom stereocenters. The van der Waals surface area contributed by atoms with Crippen molar-refractivity contribution >= 4 is 39.1 Å². The van der Waals surface area contributed by atoms with Crippen molar-refractivity contribution in [2.45, 2.75) is 45.8 Å². The first-order valence-corrected chi connectivity index (χ1v) is 13.3. The molecule has 35 heavy (non-hydrogen) atoms.